The summed E-state index contributed by atoms with van der Waals surface area (Å²) >= 11 is 0. The molecule has 1 aliphatic rings. The second-order valence-electron chi connectivity index (χ2n) is 7.31. The van der Waals surface area contributed by atoms with Gasteiger partial charge >= 0.3 is 0 Å². The summed E-state index contributed by atoms with van der Waals surface area (Å²) in [5.74, 6) is -0.213. The van der Waals surface area contributed by atoms with Crippen molar-refractivity contribution < 1.29 is 9.18 Å². The first-order chi connectivity index (χ1) is 13.6. The molecule has 0 spiro atoms. The number of benzene rings is 2. The number of halogens is 1. The van der Waals surface area contributed by atoms with Crippen LogP contribution in [-0.2, 0) is 11.3 Å². The SMILES string of the molecule is O=C(Cn1c(=O)cnc2ccccc21)NC(c1ccc(F)cc1)C1CCCC1. The summed E-state index contributed by atoms with van der Waals surface area (Å²) in [6.45, 7) is -0.0771. The quantitative estimate of drug-likeness (QED) is 0.737. The molecule has 1 aromatic heterocycles. The summed E-state index contributed by atoms with van der Waals surface area (Å²) in [5.41, 5.74) is 1.88. The molecule has 28 heavy (non-hydrogen) atoms. The maximum atomic E-state index is 13.3. The molecule has 0 aliphatic heterocycles. The molecule has 1 aliphatic carbocycles. The van der Waals surface area contributed by atoms with E-state index in [-0.39, 0.29) is 29.9 Å². The zero-order chi connectivity index (χ0) is 19.5. The van der Waals surface area contributed by atoms with Crippen LogP contribution in [-0.4, -0.2) is 15.5 Å². The van der Waals surface area contributed by atoms with Crippen molar-refractivity contribution in [3.05, 3.63) is 76.5 Å². The molecule has 144 valence electrons. The first kappa shape index (κ1) is 18.3. The average Bonchev–Trinajstić information content (AvgIpc) is 3.24. The monoisotopic (exact) mass is 379 g/mol. The van der Waals surface area contributed by atoms with Gasteiger partial charge in [-0.3, -0.25) is 14.2 Å². The third-order valence-electron chi connectivity index (χ3n) is 5.47. The number of rotatable bonds is 5. The van der Waals surface area contributed by atoms with Crippen LogP contribution in [0.4, 0.5) is 4.39 Å². The highest BCUT2D eigenvalue weighted by molar-refractivity contribution is 5.80. The normalized spacial score (nSPS) is 15.6. The predicted octanol–water partition coefficient (Wildman–Crippen LogP) is 3.58. The highest BCUT2D eigenvalue weighted by Gasteiger charge is 2.28. The van der Waals surface area contributed by atoms with Crippen molar-refractivity contribution >= 4 is 16.9 Å². The van der Waals surface area contributed by atoms with E-state index in [4.69, 9.17) is 0 Å². The van der Waals surface area contributed by atoms with E-state index in [2.05, 4.69) is 10.3 Å². The molecule has 0 saturated heterocycles. The molecule has 1 atom stereocenters. The van der Waals surface area contributed by atoms with E-state index >= 15 is 0 Å². The molecule has 6 heteroatoms. The van der Waals surface area contributed by atoms with Crippen LogP contribution in [0.1, 0.15) is 37.3 Å². The van der Waals surface area contributed by atoms with Gasteiger partial charge in [-0.25, -0.2) is 9.37 Å². The van der Waals surface area contributed by atoms with Gasteiger partial charge in [0.05, 0.1) is 23.3 Å². The molecule has 1 amide bonds. The van der Waals surface area contributed by atoms with Crippen molar-refractivity contribution in [1.29, 1.82) is 0 Å². The van der Waals surface area contributed by atoms with Gasteiger partial charge in [-0.2, -0.15) is 0 Å². The highest BCUT2D eigenvalue weighted by atomic mass is 19.1. The molecule has 5 nitrogen and oxygen atoms in total. The zero-order valence-electron chi connectivity index (χ0n) is 15.5. The van der Waals surface area contributed by atoms with Crippen LogP contribution in [0.3, 0.4) is 0 Å². The minimum Gasteiger partial charge on any atom is -0.347 e. The molecule has 3 aromatic rings. The van der Waals surface area contributed by atoms with Gasteiger partial charge in [0, 0.05) is 0 Å². The van der Waals surface area contributed by atoms with Gasteiger partial charge in [-0.05, 0) is 48.6 Å². The van der Waals surface area contributed by atoms with Gasteiger partial charge in [0.2, 0.25) is 5.91 Å². The van der Waals surface area contributed by atoms with Gasteiger partial charge in [0.15, 0.2) is 0 Å². The average molecular weight is 379 g/mol. The molecular formula is C22H22FN3O2. The Labute approximate surface area is 162 Å². The summed E-state index contributed by atoms with van der Waals surface area (Å²) in [5, 5.41) is 3.09. The van der Waals surface area contributed by atoms with Crippen molar-refractivity contribution in [3.8, 4) is 0 Å². The number of aromatic nitrogens is 2. The largest absolute Gasteiger partial charge is 0.347 e. The summed E-state index contributed by atoms with van der Waals surface area (Å²) < 4.78 is 14.8. The van der Waals surface area contributed by atoms with Crippen LogP contribution < -0.4 is 10.9 Å². The summed E-state index contributed by atoms with van der Waals surface area (Å²) in [7, 11) is 0. The van der Waals surface area contributed by atoms with Crippen LogP contribution >= 0.6 is 0 Å². The number of nitrogens with one attached hydrogen (secondary N) is 1. The molecule has 4 rings (SSSR count). The molecule has 2 aromatic carbocycles. The molecule has 1 N–H and O–H groups in total. The van der Waals surface area contributed by atoms with E-state index in [1.807, 2.05) is 18.2 Å². The Morgan fingerprint density at radius 3 is 2.61 bits per heavy atom. The fraction of sp³-hybridized carbons (Fsp3) is 0.318. The van der Waals surface area contributed by atoms with Crippen LogP contribution in [0.5, 0.6) is 0 Å². The van der Waals surface area contributed by atoms with Crippen molar-refractivity contribution in [2.24, 2.45) is 5.92 Å². The second kappa shape index (κ2) is 7.92. The number of fused-ring (bicyclic) bond motifs is 1. The van der Waals surface area contributed by atoms with Gasteiger partial charge < -0.3 is 5.32 Å². The van der Waals surface area contributed by atoms with E-state index in [0.29, 0.717) is 17.0 Å². The lowest BCUT2D eigenvalue weighted by Gasteiger charge is -2.25. The third kappa shape index (κ3) is 3.81. The summed E-state index contributed by atoms with van der Waals surface area (Å²) in [4.78, 5) is 29.3. The van der Waals surface area contributed by atoms with Gasteiger partial charge in [0.1, 0.15) is 12.4 Å². The number of carbonyl (C=O) groups excluding carboxylic acids is 1. The Kier molecular flexibility index (Phi) is 5.19. The van der Waals surface area contributed by atoms with Crippen LogP contribution in [0.25, 0.3) is 11.0 Å². The summed E-state index contributed by atoms with van der Waals surface area (Å²) in [6, 6.07) is 13.4. The molecule has 0 radical (unpaired) electrons. The minimum absolute atomic E-state index is 0.0771. The van der Waals surface area contributed by atoms with E-state index < -0.39 is 0 Å². The van der Waals surface area contributed by atoms with Crippen molar-refractivity contribution in [3.63, 3.8) is 0 Å². The first-order valence-electron chi connectivity index (χ1n) is 9.61. The summed E-state index contributed by atoms with van der Waals surface area (Å²) in [6.07, 6.45) is 5.56. The molecule has 1 fully saturated rings. The molecular weight excluding hydrogens is 357 g/mol. The van der Waals surface area contributed by atoms with Gasteiger partial charge in [-0.1, -0.05) is 37.1 Å². The Morgan fingerprint density at radius 1 is 1.14 bits per heavy atom. The molecule has 1 saturated carbocycles. The minimum atomic E-state index is -0.312. The second-order valence-corrected chi connectivity index (χ2v) is 7.31. The van der Waals surface area contributed by atoms with Crippen molar-refractivity contribution in [2.45, 2.75) is 38.3 Å². The Balaban J connectivity index is 1.59. The Morgan fingerprint density at radius 2 is 1.86 bits per heavy atom. The lowest BCUT2D eigenvalue weighted by Crippen LogP contribution is -2.37. The first-order valence-corrected chi connectivity index (χ1v) is 9.61. The topological polar surface area (TPSA) is 64.0 Å². The number of para-hydroxylation sites is 2. The maximum Gasteiger partial charge on any atom is 0.269 e. The number of hydrogen-bond donors (Lipinski definition) is 1. The van der Waals surface area contributed by atoms with Gasteiger partial charge in [0.25, 0.3) is 5.56 Å². The number of amides is 1. The highest BCUT2D eigenvalue weighted by Crippen LogP contribution is 2.35. The zero-order valence-corrected chi connectivity index (χ0v) is 15.5. The maximum absolute atomic E-state index is 13.3. The molecule has 1 heterocycles. The molecule has 1 unspecified atom stereocenters. The Bertz CT molecular complexity index is 1040. The van der Waals surface area contributed by atoms with Crippen LogP contribution in [0.2, 0.25) is 0 Å². The van der Waals surface area contributed by atoms with E-state index in [1.165, 1.54) is 22.9 Å². The fourth-order valence-corrected chi connectivity index (χ4v) is 4.07. The van der Waals surface area contributed by atoms with Crippen LogP contribution in [0.15, 0.2) is 59.5 Å². The van der Waals surface area contributed by atoms with Crippen LogP contribution in [0, 0.1) is 11.7 Å². The smallest absolute Gasteiger partial charge is 0.269 e. The van der Waals surface area contributed by atoms with E-state index in [1.54, 1.807) is 18.2 Å². The molecule has 0 bridgehead atoms. The predicted molar refractivity (Wildman–Crippen MR) is 105 cm³/mol. The Hall–Kier alpha value is -3.02. The van der Waals surface area contributed by atoms with E-state index in [9.17, 15) is 14.0 Å². The lowest BCUT2D eigenvalue weighted by atomic mass is 9.91. The van der Waals surface area contributed by atoms with Crippen molar-refractivity contribution in [1.82, 2.24) is 14.9 Å². The van der Waals surface area contributed by atoms with Crippen molar-refractivity contribution in [2.75, 3.05) is 0 Å². The van der Waals surface area contributed by atoms with E-state index in [0.717, 1.165) is 31.2 Å². The number of hydrogen-bond acceptors (Lipinski definition) is 3. The number of nitrogens with zero attached hydrogens (tertiary/aromatic N) is 2. The lowest BCUT2D eigenvalue weighted by molar-refractivity contribution is -0.122. The van der Waals surface area contributed by atoms with Gasteiger partial charge in [-0.15, -0.1) is 0 Å². The standard InChI is InChI=1S/C22H22FN3O2/c23-17-11-9-16(10-12-17)22(15-5-1-2-6-15)25-20(27)14-26-19-8-4-3-7-18(19)24-13-21(26)28/h3-4,7-13,15,22H,1-2,5-6,14H2,(H,25,27). The third-order valence-corrected chi connectivity index (χ3v) is 5.47. The number of carbonyl (C=O) groups is 1. The fourth-order valence-electron chi connectivity index (χ4n) is 4.07.